The SMILES string of the molecule is COC[C@@H]1CC(=O)[C@H]2OC(C)(C)OC12. The first-order valence-corrected chi connectivity index (χ1v) is 4.91. The second-order valence-corrected chi connectivity index (χ2v) is 4.41. The van der Waals surface area contributed by atoms with Crippen LogP contribution in [0.4, 0.5) is 0 Å². The molecule has 1 unspecified atom stereocenters. The number of Topliss-reactive ketones (excluding diaryl/α,β-unsaturated/α-hetero) is 1. The van der Waals surface area contributed by atoms with Crippen molar-refractivity contribution in [2.24, 2.45) is 5.92 Å². The molecule has 1 heterocycles. The van der Waals surface area contributed by atoms with Crippen molar-refractivity contribution in [3.05, 3.63) is 0 Å². The van der Waals surface area contributed by atoms with Gasteiger partial charge in [0.15, 0.2) is 11.6 Å². The van der Waals surface area contributed by atoms with Gasteiger partial charge < -0.3 is 14.2 Å². The summed E-state index contributed by atoms with van der Waals surface area (Å²) in [6, 6.07) is 0. The number of carbonyl (C=O) groups excluding carboxylic acids is 1. The maximum Gasteiger partial charge on any atom is 0.164 e. The van der Waals surface area contributed by atoms with Crippen LogP contribution in [0.15, 0.2) is 0 Å². The minimum atomic E-state index is -0.628. The molecule has 2 fully saturated rings. The molecule has 2 rings (SSSR count). The van der Waals surface area contributed by atoms with Crippen molar-refractivity contribution in [3.8, 4) is 0 Å². The summed E-state index contributed by atoms with van der Waals surface area (Å²) in [4.78, 5) is 11.6. The summed E-state index contributed by atoms with van der Waals surface area (Å²) >= 11 is 0. The van der Waals surface area contributed by atoms with E-state index in [1.54, 1.807) is 7.11 Å². The fourth-order valence-corrected chi connectivity index (χ4v) is 2.24. The lowest BCUT2D eigenvalue weighted by Gasteiger charge is -2.20. The molecule has 1 aliphatic carbocycles. The number of rotatable bonds is 2. The molecule has 0 bridgehead atoms. The van der Waals surface area contributed by atoms with Crippen LogP contribution in [0.1, 0.15) is 20.3 Å². The molecule has 1 saturated heterocycles. The molecule has 1 aliphatic heterocycles. The molecule has 0 radical (unpaired) electrons. The molecule has 1 saturated carbocycles. The van der Waals surface area contributed by atoms with Crippen molar-refractivity contribution < 1.29 is 19.0 Å². The first kappa shape index (κ1) is 10.1. The van der Waals surface area contributed by atoms with Gasteiger partial charge in [-0.15, -0.1) is 0 Å². The summed E-state index contributed by atoms with van der Waals surface area (Å²) in [5, 5.41) is 0. The van der Waals surface area contributed by atoms with Gasteiger partial charge in [0.25, 0.3) is 0 Å². The first-order valence-electron chi connectivity index (χ1n) is 4.91. The molecule has 14 heavy (non-hydrogen) atoms. The second kappa shape index (κ2) is 3.29. The predicted octanol–water partition coefficient (Wildman–Crippen LogP) is 0.742. The summed E-state index contributed by atoms with van der Waals surface area (Å²) in [5.41, 5.74) is 0. The van der Waals surface area contributed by atoms with Gasteiger partial charge in [0, 0.05) is 19.4 Å². The van der Waals surface area contributed by atoms with Crippen molar-refractivity contribution in [1.82, 2.24) is 0 Å². The minimum absolute atomic E-state index is 0.113. The van der Waals surface area contributed by atoms with E-state index in [-0.39, 0.29) is 23.9 Å². The topological polar surface area (TPSA) is 44.8 Å². The number of hydrogen-bond acceptors (Lipinski definition) is 4. The largest absolute Gasteiger partial charge is 0.384 e. The lowest BCUT2D eigenvalue weighted by atomic mass is 10.1. The zero-order valence-electron chi connectivity index (χ0n) is 8.78. The lowest BCUT2D eigenvalue weighted by Crippen LogP contribution is -2.27. The maximum atomic E-state index is 11.6. The van der Waals surface area contributed by atoms with Gasteiger partial charge in [0.2, 0.25) is 0 Å². The molecule has 4 heteroatoms. The highest BCUT2D eigenvalue weighted by Crippen LogP contribution is 2.39. The molecule has 0 amide bonds. The average molecular weight is 200 g/mol. The van der Waals surface area contributed by atoms with Crippen LogP contribution in [0.2, 0.25) is 0 Å². The number of hydrogen-bond donors (Lipinski definition) is 0. The number of methoxy groups -OCH3 is 1. The third-order valence-electron chi connectivity index (χ3n) is 2.76. The molecule has 80 valence electrons. The quantitative estimate of drug-likeness (QED) is 0.659. The predicted molar refractivity (Wildman–Crippen MR) is 48.8 cm³/mol. The van der Waals surface area contributed by atoms with Crippen molar-refractivity contribution >= 4 is 5.78 Å². The summed E-state index contributed by atoms with van der Waals surface area (Å²) in [6.45, 7) is 4.23. The van der Waals surface area contributed by atoms with Gasteiger partial charge >= 0.3 is 0 Å². The van der Waals surface area contributed by atoms with E-state index in [9.17, 15) is 4.79 Å². The van der Waals surface area contributed by atoms with E-state index in [1.807, 2.05) is 13.8 Å². The van der Waals surface area contributed by atoms with Crippen molar-refractivity contribution in [1.29, 1.82) is 0 Å². The molecule has 0 spiro atoms. The van der Waals surface area contributed by atoms with Crippen LogP contribution in [-0.2, 0) is 19.0 Å². The molecule has 2 aliphatic rings. The smallest absolute Gasteiger partial charge is 0.164 e. The zero-order chi connectivity index (χ0) is 10.3. The minimum Gasteiger partial charge on any atom is -0.384 e. The summed E-state index contributed by atoms with van der Waals surface area (Å²) < 4.78 is 16.3. The summed E-state index contributed by atoms with van der Waals surface area (Å²) in [5.74, 6) is -0.334. The van der Waals surface area contributed by atoms with Crippen LogP contribution >= 0.6 is 0 Å². The Balaban J connectivity index is 2.11. The third kappa shape index (κ3) is 1.58. The molecule has 0 aromatic carbocycles. The Kier molecular flexibility index (Phi) is 2.37. The maximum absolute atomic E-state index is 11.6. The Morgan fingerprint density at radius 1 is 1.50 bits per heavy atom. The van der Waals surface area contributed by atoms with Crippen LogP contribution in [-0.4, -0.2) is 37.5 Å². The van der Waals surface area contributed by atoms with Crippen molar-refractivity contribution in [3.63, 3.8) is 0 Å². The van der Waals surface area contributed by atoms with Gasteiger partial charge in [-0.3, -0.25) is 4.79 Å². The van der Waals surface area contributed by atoms with Gasteiger partial charge in [-0.1, -0.05) is 0 Å². The molecule has 3 atom stereocenters. The van der Waals surface area contributed by atoms with Crippen LogP contribution in [0.25, 0.3) is 0 Å². The van der Waals surface area contributed by atoms with Crippen LogP contribution < -0.4 is 0 Å². The number of ketones is 1. The molecule has 0 aromatic heterocycles. The number of carbonyl (C=O) groups is 1. The van der Waals surface area contributed by atoms with E-state index < -0.39 is 5.79 Å². The Labute approximate surface area is 83.5 Å². The Morgan fingerprint density at radius 2 is 2.21 bits per heavy atom. The molecule has 0 N–H and O–H groups in total. The fourth-order valence-electron chi connectivity index (χ4n) is 2.24. The van der Waals surface area contributed by atoms with Gasteiger partial charge in [0.05, 0.1) is 12.7 Å². The first-order chi connectivity index (χ1) is 6.53. The second-order valence-electron chi connectivity index (χ2n) is 4.41. The van der Waals surface area contributed by atoms with Gasteiger partial charge in [-0.05, 0) is 13.8 Å². The van der Waals surface area contributed by atoms with E-state index in [1.165, 1.54) is 0 Å². The average Bonchev–Trinajstić information content (AvgIpc) is 2.51. The zero-order valence-corrected chi connectivity index (χ0v) is 8.78. The van der Waals surface area contributed by atoms with Crippen LogP contribution in [0.5, 0.6) is 0 Å². The molecule has 4 nitrogen and oxygen atoms in total. The Bertz CT molecular complexity index is 249. The van der Waals surface area contributed by atoms with E-state index in [4.69, 9.17) is 14.2 Å². The Morgan fingerprint density at radius 3 is 2.86 bits per heavy atom. The number of fused-ring (bicyclic) bond motifs is 1. The standard InChI is InChI=1S/C10H16O4/c1-10(2)13-8-6(5-12-3)4-7(11)9(8)14-10/h6,8-9H,4-5H2,1-3H3/t6-,8?,9+/m0/s1. The van der Waals surface area contributed by atoms with Crippen LogP contribution in [0.3, 0.4) is 0 Å². The van der Waals surface area contributed by atoms with E-state index in [2.05, 4.69) is 0 Å². The highest BCUT2D eigenvalue weighted by molar-refractivity contribution is 5.86. The summed E-state index contributed by atoms with van der Waals surface area (Å²) in [6.07, 6.45) is 0.0294. The van der Waals surface area contributed by atoms with Gasteiger partial charge in [-0.25, -0.2) is 0 Å². The van der Waals surface area contributed by atoms with E-state index in [0.29, 0.717) is 13.0 Å². The van der Waals surface area contributed by atoms with Gasteiger partial charge in [-0.2, -0.15) is 0 Å². The Hall–Kier alpha value is -0.450. The van der Waals surface area contributed by atoms with Gasteiger partial charge in [0.1, 0.15) is 6.10 Å². The monoisotopic (exact) mass is 200 g/mol. The number of ether oxygens (including phenoxy) is 3. The highest BCUT2D eigenvalue weighted by atomic mass is 16.8. The lowest BCUT2D eigenvalue weighted by molar-refractivity contribution is -0.164. The molecule has 0 aromatic rings. The fraction of sp³-hybridized carbons (Fsp3) is 0.900. The molecular weight excluding hydrogens is 184 g/mol. The molecular formula is C10H16O4. The highest BCUT2D eigenvalue weighted by Gasteiger charge is 2.53. The van der Waals surface area contributed by atoms with E-state index >= 15 is 0 Å². The summed E-state index contributed by atoms with van der Waals surface area (Å²) in [7, 11) is 1.64. The van der Waals surface area contributed by atoms with Crippen molar-refractivity contribution in [2.45, 2.75) is 38.3 Å². The normalized spacial score (nSPS) is 40.2. The van der Waals surface area contributed by atoms with Crippen molar-refractivity contribution in [2.75, 3.05) is 13.7 Å². The van der Waals surface area contributed by atoms with Crippen LogP contribution in [0, 0.1) is 5.92 Å². The third-order valence-corrected chi connectivity index (χ3v) is 2.76. The van der Waals surface area contributed by atoms with E-state index in [0.717, 1.165) is 0 Å².